The van der Waals surface area contributed by atoms with E-state index in [-0.39, 0.29) is 17.8 Å². The first-order valence-corrected chi connectivity index (χ1v) is 11.1. The predicted molar refractivity (Wildman–Crippen MR) is 128 cm³/mol. The number of aromatic nitrogens is 3. The standard InChI is InChI=1S/C25H26N6O/c1-16-8-7-9-17(14-16)15-27-31-23(26)21(25(32)28-18-10-3-2-4-11-18)22-24(31)30-20-13-6-5-12-19(20)29-22/h5-9,12-15,18H,2-4,10-11,26H2,1H3,(H,28,32)/b27-15+. The molecular formula is C25H26N6O. The molecule has 7 heteroatoms. The van der Waals surface area contributed by atoms with Crippen LogP contribution in [0.25, 0.3) is 22.2 Å². The van der Waals surface area contributed by atoms with Gasteiger partial charge < -0.3 is 11.1 Å². The van der Waals surface area contributed by atoms with Gasteiger partial charge in [0.1, 0.15) is 16.9 Å². The molecule has 32 heavy (non-hydrogen) atoms. The van der Waals surface area contributed by atoms with Crippen LogP contribution >= 0.6 is 0 Å². The van der Waals surface area contributed by atoms with Crippen molar-refractivity contribution in [3.63, 3.8) is 0 Å². The number of nitrogen functional groups attached to an aromatic ring is 1. The van der Waals surface area contributed by atoms with Crippen molar-refractivity contribution >= 4 is 40.1 Å². The van der Waals surface area contributed by atoms with E-state index in [2.05, 4.69) is 10.4 Å². The zero-order valence-corrected chi connectivity index (χ0v) is 18.1. The molecule has 4 aromatic rings. The van der Waals surface area contributed by atoms with Gasteiger partial charge in [-0.25, -0.2) is 9.97 Å². The molecule has 162 valence electrons. The van der Waals surface area contributed by atoms with E-state index in [4.69, 9.17) is 15.7 Å². The van der Waals surface area contributed by atoms with Crippen LogP contribution in [-0.2, 0) is 0 Å². The zero-order valence-electron chi connectivity index (χ0n) is 18.1. The van der Waals surface area contributed by atoms with E-state index in [1.807, 2.05) is 55.5 Å². The molecule has 0 aliphatic heterocycles. The van der Waals surface area contributed by atoms with Crippen LogP contribution in [0, 0.1) is 6.92 Å². The summed E-state index contributed by atoms with van der Waals surface area (Å²) in [6.07, 6.45) is 7.19. The average molecular weight is 427 g/mol. The van der Waals surface area contributed by atoms with Crippen molar-refractivity contribution in [2.75, 3.05) is 5.73 Å². The summed E-state index contributed by atoms with van der Waals surface area (Å²) in [5.74, 6) is 0.0287. The Morgan fingerprint density at radius 3 is 2.59 bits per heavy atom. The van der Waals surface area contributed by atoms with Gasteiger partial charge in [-0.2, -0.15) is 9.78 Å². The zero-order chi connectivity index (χ0) is 22.1. The van der Waals surface area contributed by atoms with Gasteiger partial charge in [-0.1, -0.05) is 61.2 Å². The molecular weight excluding hydrogens is 400 g/mol. The minimum absolute atomic E-state index is 0.165. The van der Waals surface area contributed by atoms with Crippen LogP contribution in [0.4, 0.5) is 5.82 Å². The molecule has 0 saturated heterocycles. The van der Waals surface area contributed by atoms with Crippen LogP contribution in [0.1, 0.15) is 53.6 Å². The van der Waals surface area contributed by atoms with Crippen molar-refractivity contribution in [1.82, 2.24) is 20.0 Å². The fraction of sp³-hybridized carbons (Fsp3) is 0.280. The molecule has 3 N–H and O–H groups in total. The number of amides is 1. The van der Waals surface area contributed by atoms with Gasteiger partial charge in [-0.3, -0.25) is 4.79 Å². The fourth-order valence-corrected chi connectivity index (χ4v) is 4.37. The minimum atomic E-state index is -0.214. The van der Waals surface area contributed by atoms with E-state index < -0.39 is 0 Å². The Balaban J connectivity index is 1.62. The molecule has 1 fully saturated rings. The third-order valence-corrected chi connectivity index (χ3v) is 6.01. The van der Waals surface area contributed by atoms with Gasteiger partial charge in [0.05, 0.1) is 17.2 Å². The Morgan fingerprint density at radius 2 is 1.84 bits per heavy atom. The second kappa shape index (κ2) is 8.42. The molecule has 1 saturated carbocycles. The normalized spacial score (nSPS) is 15.0. The van der Waals surface area contributed by atoms with Crippen LogP contribution in [0.15, 0.2) is 53.6 Å². The first-order chi connectivity index (χ1) is 15.6. The summed E-state index contributed by atoms with van der Waals surface area (Å²) in [6, 6.07) is 15.8. The molecule has 2 heterocycles. The van der Waals surface area contributed by atoms with E-state index in [0.717, 1.165) is 42.3 Å². The number of aryl methyl sites for hydroxylation is 1. The molecule has 0 bridgehead atoms. The topological polar surface area (TPSA) is 98.2 Å². The highest BCUT2D eigenvalue weighted by Gasteiger charge is 2.26. The highest BCUT2D eigenvalue weighted by atomic mass is 16.1. The summed E-state index contributed by atoms with van der Waals surface area (Å²) in [5, 5.41) is 7.74. The number of para-hydroxylation sites is 2. The van der Waals surface area contributed by atoms with Crippen molar-refractivity contribution in [2.45, 2.75) is 45.1 Å². The molecule has 2 aromatic carbocycles. The molecule has 2 aromatic heterocycles. The van der Waals surface area contributed by atoms with E-state index >= 15 is 0 Å². The molecule has 0 atom stereocenters. The summed E-state index contributed by atoms with van der Waals surface area (Å²) in [4.78, 5) is 22.8. The van der Waals surface area contributed by atoms with Gasteiger partial charge in [-0.05, 0) is 37.5 Å². The molecule has 0 radical (unpaired) electrons. The Hall–Kier alpha value is -3.74. The Kier molecular flexibility index (Phi) is 5.31. The van der Waals surface area contributed by atoms with Gasteiger partial charge in [-0.15, -0.1) is 0 Å². The number of carbonyl (C=O) groups excluding carboxylic acids is 1. The van der Waals surface area contributed by atoms with Gasteiger partial charge in [0, 0.05) is 6.04 Å². The van der Waals surface area contributed by atoms with E-state index in [0.29, 0.717) is 22.2 Å². The smallest absolute Gasteiger partial charge is 0.257 e. The lowest BCUT2D eigenvalue weighted by Gasteiger charge is -2.22. The first kappa shape index (κ1) is 20.2. The summed E-state index contributed by atoms with van der Waals surface area (Å²) in [7, 11) is 0. The molecule has 1 aliphatic rings. The highest BCUT2D eigenvalue weighted by molar-refractivity contribution is 6.10. The van der Waals surface area contributed by atoms with Gasteiger partial charge in [0.15, 0.2) is 5.65 Å². The average Bonchev–Trinajstić information content (AvgIpc) is 3.07. The van der Waals surface area contributed by atoms with Crippen molar-refractivity contribution in [1.29, 1.82) is 0 Å². The maximum Gasteiger partial charge on any atom is 0.257 e. The highest BCUT2D eigenvalue weighted by Crippen LogP contribution is 2.28. The summed E-state index contributed by atoms with van der Waals surface area (Å²) < 4.78 is 1.52. The maximum atomic E-state index is 13.3. The number of carbonyl (C=O) groups is 1. The number of anilines is 1. The van der Waals surface area contributed by atoms with E-state index in [9.17, 15) is 4.79 Å². The quantitative estimate of drug-likeness (QED) is 0.472. The van der Waals surface area contributed by atoms with E-state index in [1.165, 1.54) is 11.1 Å². The lowest BCUT2D eigenvalue weighted by molar-refractivity contribution is 0.0930. The van der Waals surface area contributed by atoms with Crippen molar-refractivity contribution in [3.8, 4) is 0 Å². The molecule has 5 rings (SSSR count). The fourth-order valence-electron chi connectivity index (χ4n) is 4.37. The first-order valence-electron chi connectivity index (χ1n) is 11.1. The summed E-state index contributed by atoms with van der Waals surface area (Å²) in [5.41, 5.74) is 11.3. The Bertz CT molecular complexity index is 1330. The monoisotopic (exact) mass is 426 g/mol. The second-order valence-corrected chi connectivity index (χ2v) is 8.42. The van der Waals surface area contributed by atoms with Crippen LogP contribution in [0.5, 0.6) is 0 Å². The number of fused-ring (bicyclic) bond motifs is 2. The largest absolute Gasteiger partial charge is 0.383 e. The van der Waals surface area contributed by atoms with Crippen LogP contribution in [-0.4, -0.2) is 32.8 Å². The molecule has 0 unspecified atom stereocenters. The Labute approximate surface area is 186 Å². The maximum absolute atomic E-state index is 13.3. The third kappa shape index (κ3) is 3.82. The number of benzene rings is 2. The second-order valence-electron chi connectivity index (χ2n) is 8.42. The van der Waals surface area contributed by atoms with Crippen molar-refractivity contribution in [2.24, 2.45) is 5.10 Å². The predicted octanol–water partition coefficient (Wildman–Crippen LogP) is 4.42. The molecule has 1 aliphatic carbocycles. The van der Waals surface area contributed by atoms with Crippen molar-refractivity contribution in [3.05, 3.63) is 65.2 Å². The number of nitrogens with two attached hydrogens (primary N) is 1. The number of rotatable bonds is 4. The lowest BCUT2D eigenvalue weighted by Crippen LogP contribution is -2.36. The van der Waals surface area contributed by atoms with Gasteiger partial charge in [0.2, 0.25) is 0 Å². The number of nitrogens with zero attached hydrogens (tertiary/aromatic N) is 4. The lowest BCUT2D eigenvalue weighted by atomic mass is 9.95. The summed E-state index contributed by atoms with van der Waals surface area (Å²) >= 11 is 0. The molecule has 1 amide bonds. The molecule has 7 nitrogen and oxygen atoms in total. The SMILES string of the molecule is Cc1cccc(/C=N/n2c(N)c(C(=O)NC3CCCCC3)c3nc4ccccc4nc32)c1. The van der Waals surface area contributed by atoms with Crippen molar-refractivity contribution < 1.29 is 4.79 Å². The number of hydrogen-bond acceptors (Lipinski definition) is 5. The van der Waals surface area contributed by atoms with Crippen LogP contribution in [0.2, 0.25) is 0 Å². The summed E-state index contributed by atoms with van der Waals surface area (Å²) in [6.45, 7) is 2.03. The van der Waals surface area contributed by atoms with Crippen LogP contribution < -0.4 is 11.1 Å². The number of nitrogens with one attached hydrogen (secondary N) is 1. The van der Waals surface area contributed by atoms with Crippen LogP contribution in [0.3, 0.4) is 0 Å². The molecule has 0 spiro atoms. The third-order valence-electron chi connectivity index (χ3n) is 6.01. The minimum Gasteiger partial charge on any atom is -0.383 e. The van der Waals surface area contributed by atoms with E-state index in [1.54, 1.807) is 6.21 Å². The number of hydrogen-bond donors (Lipinski definition) is 2. The van der Waals surface area contributed by atoms with Gasteiger partial charge in [0.25, 0.3) is 5.91 Å². The Morgan fingerprint density at radius 1 is 1.09 bits per heavy atom. The van der Waals surface area contributed by atoms with Gasteiger partial charge >= 0.3 is 0 Å².